The van der Waals surface area contributed by atoms with Crippen LogP contribution in [0.15, 0.2) is 0 Å². The summed E-state index contributed by atoms with van der Waals surface area (Å²) in [6, 6.07) is 0. The van der Waals surface area contributed by atoms with E-state index in [2.05, 4.69) is 0 Å². The monoisotopic (exact) mass is 187 g/mol. The Morgan fingerprint density at radius 2 is 1.62 bits per heavy atom. The molecule has 0 fully saturated rings. The zero-order valence-electron chi connectivity index (χ0n) is 9.42. The third-order valence-corrected chi connectivity index (χ3v) is 2.14. The van der Waals surface area contributed by atoms with E-state index in [9.17, 15) is 5.11 Å². The van der Waals surface area contributed by atoms with E-state index in [1.165, 1.54) is 7.69 Å². The quantitative estimate of drug-likeness (QED) is 0.663. The lowest BCUT2D eigenvalue weighted by atomic mass is 9.88. The van der Waals surface area contributed by atoms with Crippen molar-refractivity contribution in [3.05, 3.63) is 0 Å². The standard InChI is InChI=1S/C9H20BO3/c1-7(2)12-10-13-9(5,6)8(3,4)11/h7,11H,1-6H3. The maximum absolute atomic E-state index is 9.71. The predicted molar refractivity (Wildman–Crippen MR) is 53.4 cm³/mol. The van der Waals surface area contributed by atoms with Gasteiger partial charge in [0.05, 0.1) is 11.2 Å². The van der Waals surface area contributed by atoms with E-state index in [1.54, 1.807) is 13.8 Å². The molecule has 0 rings (SSSR count). The Morgan fingerprint density at radius 3 is 1.92 bits per heavy atom. The number of hydrogen-bond acceptors (Lipinski definition) is 3. The molecule has 0 aromatic carbocycles. The molecule has 0 amide bonds. The lowest BCUT2D eigenvalue weighted by molar-refractivity contribution is -0.0991. The lowest BCUT2D eigenvalue weighted by Crippen LogP contribution is -2.48. The van der Waals surface area contributed by atoms with Gasteiger partial charge in [0.25, 0.3) is 0 Å². The van der Waals surface area contributed by atoms with Crippen LogP contribution in [0, 0.1) is 0 Å². The van der Waals surface area contributed by atoms with Crippen molar-refractivity contribution in [3.8, 4) is 0 Å². The minimum atomic E-state index is -0.899. The van der Waals surface area contributed by atoms with Gasteiger partial charge in [-0.15, -0.1) is 0 Å². The van der Waals surface area contributed by atoms with E-state index >= 15 is 0 Å². The van der Waals surface area contributed by atoms with E-state index in [0.717, 1.165) is 0 Å². The zero-order valence-corrected chi connectivity index (χ0v) is 9.42. The zero-order chi connectivity index (χ0) is 10.7. The van der Waals surface area contributed by atoms with Crippen LogP contribution in [0.25, 0.3) is 0 Å². The van der Waals surface area contributed by atoms with Gasteiger partial charge >= 0.3 is 7.69 Å². The van der Waals surface area contributed by atoms with E-state index in [0.29, 0.717) is 0 Å². The van der Waals surface area contributed by atoms with Gasteiger partial charge in [0.1, 0.15) is 0 Å². The molecule has 0 unspecified atom stereocenters. The second-order valence-corrected chi connectivity index (χ2v) is 4.47. The van der Waals surface area contributed by atoms with Crippen LogP contribution in [0.1, 0.15) is 41.5 Å². The first kappa shape index (κ1) is 12.9. The van der Waals surface area contributed by atoms with Crippen molar-refractivity contribution in [3.63, 3.8) is 0 Å². The highest BCUT2D eigenvalue weighted by Gasteiger charge is 2.36. The molecule has 0 aromatic heterocycles. The van der Waals surface area contributed by atoms with Crippen molar-refractivity contribution in [2.75, 3.05) is 0 Å². The van der Waals surface area contributed by atoms with Crippen molar-refractivity contribution in [1.29, 1.82) is 0 Å². The number of hydrogen-bond donors (Lipinski definition) is 1. The van der Waals surface area contributed by atoms with Crippen molar-refractivity contribution in [1.82, 2.24) is 0 Å². The van der Waals surface area contributed by atoms with Crippen molar-refractivity contribution in [2.45, 2.75) is 58.8 Å². The van der Waals surface area contributed by atoms with E-state index in [4.69, 9.17) is 9.31 Å². The van der Waals surface area contributed by atoms with Gasteiger partial charge in [-0.25, -0.2) is 0 Å². The molecule has 1 radical (unpaired) electrons. The molecule has 13 heavy (non-hydrogen) atoms. The summed E-state index contributed by atoms with van der Waals surface area (Å²) in [6.45, 7) is 10.9. The van der Waals surface area contributed by atoms with Gasteiger partial charge in [-0.3, -0.25) is 0 Å². The number of aliphatic hydroxyl groups is 1. The smallest absolute Gasteiger partial charge is 0.411 e. The first-order valence-electron chi connectivity index (χ1n) is 4.54. The van der Waals surface area contributed by atoms with E-state index in [1.807, 2.05) is 27.7 Å². The Morgan fingerprint density at radius 1 is 1.15 bits per heavy atom. The van der Waals surface area contributed by atoms with E-state index < -0.39 is 11.2 Å². The summed E-state index contributed by atoms with van der Waals surface area (Å²) in [6.07, 6.45) is 0.0950. The molecule has 0 heterocycles. The van der Waals surface area contributed by atoms with Crippen LogP contribution in [0.5, 0.6) is 0 Å². The van der Waals surface area contributed by atoms with Crippen molar-refractivity contribution in [2.24, 2.45) is 0 Å². The molecular weight excluding hydrogens is 167 g/mol. The Hall–Kier alpha value is -0.0551. The fourth-order valence-electron chi connectivity index (χ4n) is 0.403. The van der Waals surface area contributed by atoms with Crippen LogP contribution in [0.4, 0.5) is 0 Å². The molecule has 3 nitrogen and oxygen atoms in total. The van der Waals surface area contributed by atoms with Crippen LogP contribution in [-0.4, -0.2) is 30.1 Å². The molecule has 4 heteroatoms. The largest absolute Gasteiger partial charge is 0.488 e. The molecule has 0 aliphatic rings. The van der Waals surface area contributed by atoms with Crippen molar-refractivity contribution < 1.29 is 14.4 Å². The van der Waals surface area contributed by atoms with Gasteiger partial charge in [-0.1, -0.05) is 0 Å². The Kier molecular flexibility index (Phi) is 4.42. The molecule has 0 bridgehead atoms. The Bertz CT molecular complexity index is 149. The highest BCUT2D eigenvalue weighted by Crippen LogP contribution is 2.24. The molecule has 0 saturated heterocycles. The summed E-state index contributed by atoms with van der Waals surface area (Å²) in [5.74, 6) is 0. The topological polar surface area (TPSA) is 38.7 Å². The molecule has 0 saturated carbocycles. The average molecular weight is 187 g/mol. The molecule has 0 aliphatic carbocycles. The third kappa shape index (κ3) is 4.65. The SMILES string of the molecule is CC(C)O[B]OC(C)(C)C(C)(C)O. The molecule has 77 valence electrons. The fourth-order valence-corrected chi connectivity index (χ4v) is 0.403. The highest BCUT2D eigenvalue weighted by molar-refractivity contribution is 6.18. The highest BCUT2D eigenvalue weighted by atomic mass is 16.6. The lowest BCUT2D eigenvalue weighted by Gasteiger charge is -2.37. The summed E-state index contributed by atoms with van der Waals surface area (Å²) in [5.41, 5.74) is -1.55. The van der Waals surface area contributed by atoms with Gasteiger partial charge in [-0.2, -0.15) is 0 Å². The minimum absolute atomic E-state index is 0.0950. The van der Waals surface area contributed by atoms with Crippen LogP contribution in [0.2, 0.25) is 0 Å². The van der Waals surface area contributed by atoms with Gasteiger partial charge in [0, 0.05) is 6.10 Å². The van der Waals surface area contributed by atoms with Crippen molar-refractivity contribution >= 4 is 7.69 Å². The summed E-state index contributed by atoms with van der Waals surface area (Å²) in [7, 11) is 1.29. The molecular formula is C9H20BO3. The van der Waals surface area contributed by atoms with Gasteiger partial charge in [-0.05, 0) is 41.5 Å². The molecule has 1 N–H and O–H groups in total. The van der Waals surface area contributed by atoms with E-state index in [-0.39, 0.29) is 6.10 Å². The second kappa shape index (κ2) is 4.44. The summed E-state index contributed by atoms with van der Waals surface area (Å²) in [4.78, 5) is 0. The summed E-state index contributed by atoms with van der Waals surface area (Å²) < 4.78 is 10.4. The Balaban J connectivity index is 3.90. The molecule has 0 atom stereocenters. The van der Waals surface area contributed by atoms with Gasteiger partial charge < -0.3 is 14.4 Å². The maximum atomic E-state index is 9.71. The first-order valence-corrected chi connectivity index (χ1v) is 4.54. The van der Waals surface area contributed by atoms with Crippen LogP contribution >= 0.6 is 0 Å². The first-order chi connectivity index (χ1) is 5.67. The molecule has 0 aliphatic heterocycles. The van der Waals surface area contributed by atoms with Crippen LogP contribution in [-0.2, 0) is 9.31 Å². The fraction of sp³-hybridized carbons (Fsp3) is 1.00. The van der Waals surface area contributed by atoms with Crippen LogP contribution in [0.3, 0.4) is 0 Å². The van der Waals surface area contributed by atoms with Gasteiger partial charge in [0.15, 0.2) is 0 Å². The Labute approximate surface area is 81.7 Å². The predicted octanol–water partition coefficient (Wildman–Crippen LogP) is 1.51. The normalized spacial score (nSPS) is 13.5. The van der Waals surface area contributed by atoms with Crippen LogP contribution < -0.4 is 0 Å². The number of rotatable bonds is 5. The summed E-state index contributed by atoms with van der Waals surface area (Å²) in [5, 5.41) is 9.71. The summed E-state index contributed by atoms with van der Waals surface area (Å²) >= 11 is 0. The molecule has 0 spiro atoms. The third-order valence-electron chi connectivity index (χ3n) is 2.14. The second-order valence-electron chi connectivity index (χ2n) is 4.47. The molecule has 0 aromatic rings. The van der Waals surface area contributed by atoms with Gasteiger partial charge in [0.2, 0.25) is 0 Å². The average Bonchev–Trinajstić information content (AvgIpc) is 1.82. The maximum Gasteiger partial charge on any atom is 0.488 e. The minimum Gasteiger partial charge on any atom is -0.411 e.